The fraction of sp³-hybridized carbons (Fsp3) is 0.419. The van der Waals surface area contributed by atoms with Gasteiger partial charge in [-0.1, -0.05) is 18.6 Å². The fourth-order valence-electron chi connectivity index (χ4n) is 5.52. The number of aryl methyl sites for hydroxylation is 1. The van der Waals surface area contributed by atoms with Crippen molar-refractivity contribution in [3.05, 3.63) is 77.9 Å². The van der Waals surface area contributed by atoms with E-state index < -0.39 is 32.8 Å². The zero-order valence-electron chi connectivity index (χ0n) is 24.2. The van der Waals surface area contributed by atoms with Crippen LogP contribution in [0, 0.1) is 0 Å². The Morgan fingerprint density at radius 1 is 0.952 bits per heavy atom. The molecule has 3 heterocycles. The zero-order chi connectivity index (χ0) is 30.1. The van der Waals surface area contributed by atoms with Gasteiger partial charge in [-0.2, -0.15) is 0 Å². The van der Waals surface area contributed by atoms with Gasteiger partial charge >= 0.3 is 0 Å². The van der Waals surface area contributed by atoms with Crippen LogP contribution in [-0.4, -0.2) is 74.6 Å². The number of nitrogens with zero attached hydrogens (tertiary/aromatic N) is 3. The van der Waals surface area contributed by atoms with Crippen molar-refractivity contribution < 1.29 is 32.2 Å². The van der Waals surface area contributed by atoms with Gasteiger partial charge in [0.2, 0.25) is 5.75 Å². The fourth-order valence-corrected chi connectivity index (χ4v) is 7.70. The minimum atomic E-state index is -3.71. The van der Waals surface area contributed by atoms with Crippen LogP contribution in [0.2, 0.25) is 0 Å². The van der Waals surface area contributed by atoms with Gasteiger partial charge in [-0.15, -0.1) is 0 Å². The summed E-state index contributed by atoms with van der Waals surface area (Å²) in [5.74, 6) is -0.799. The third kappa shape index (κ3) is 7.07. The molecule has 10 nitrogen and oxygen atoms in total. The number of hydrogen-bond acceptors (Lipinski definition) is 9. The number of ether oxygens (including phenoxy) is 3. The quantitative estimate of drug-likeness (QED) is 0.153. The highest BCUT2D eigenvalue weighted by molar-refractivity contribution is 7.91. The first-order chi connectivity index (χ1) is 20.3. The van der Waals surface area contributed by atoms with E-state index in [0.29, 0.717) is 30.6 Å². The van der Waals surface area contributed by atoms with Crippen LogP contribution in [0.5, 0.6) is 17.2 Å². The van der Waals surface area contributed by atoms with Crippen LogP contribution in [0.4, 0.5) is 0 Å². The molecule has 2 atom stereocenters. The van der Waals surface area contributed by atoms with Gasteiger partial charge in [-0.3, -0.25) is 19.6 Å². The van der Waals surface area contributed by atoms with Crippen LogP contribution in [-0.2, 0) is 21.1 Å². The van der Waals surface area contributed by atoms with E-state index in [1.165, 1.54) is 44.6 Å². The number of pyridine rings is 2. The van der Waals surface area contributed by atoms with E-state index in [9.17, 15) is 18.0 Å². The number of Topliss-reactive ketones (excluding diaryl/α,β-unsaturated/α-hetero) is 1. The number of likely N-dealkylation sites (tertiary alicyclic amines) is 1. The van der Waals surface area contributed by atoms with Crippen molar-refractivity contribution in [1.82, 2.24) is 14.9 Å². The van der Waals surface area contributed by atoms with Crippen LogP contribution in [0.3, 0.4) is 0 Å². The third-order valence-electron chi connectivity index (χ3n) is 7.55. The van der Waals surface area contributed by atoms with Gasteiger partial charge in [0, 0.05) is 36.9 Å². The lowest BCUT2D eigenvalue weighted by molar-refractivity contribution is -0.127. The number of carbonyl (C=O) groups is 2. The van der Waals surface area contributed by atoms with Crippen molar-refractivity contribution in [2.45, 2.75) is 49.8 Å². The van der Waals surface area contributed by atoms with Crippen molar-refractivity contribution >= 4 is 21.5 Å². The van der Waals surface area contributed by atoms with Crippen LogP contribution >= 0.6 is 0 Å². The number of sulfone groups is 1. The summed E-state index contributed by atoms with van der Waals surface area (Å²) in [7, 11) is 0.586. The molecule has 1 amide bonds. The molecule has 1 fully saturated rings. The second-order valence-electron chi connectivity index (χ2n) is 10.2. The zero-order valence-corrected chi connectivity index (χ0v) is 25.0. The van der Waals surface area contributed by atoms with Gasteiger partial charge in [-0.05, 0) is 67.5 Å². The average molecular weight is 596 g/mol. The molecule has 1 aliphatic heterocycles. The van der Waals surface area contributed by atoms with E-state index in [1.54, 1.807) is 24.5 Å². The molecule has 1 aliphatic rings. The first-order valence-corrected chi connectivity index (χ1v) is 15.7. The maximum atomic E-state index is 13.9. The number of amides is 1. The molecule has 1 aromatic carbocycles. The monoisotopic (exact) mass is 595 g/mol. The summed E-state index contributed by atoms with van der Waals surface area (Å²) in [5.41, 5.74) is 1.69. The highest BCUT2D eigenvalue weighted by atomic mass is 32.2. The Labute approximate surface area is 247 Å². The second-order valence-corrected chi connectivity index (χ2v) is 12.4. The summed E-state index contributed by atoms with van der Waals surface area (Å²) in [6, 6.07) is 9.45. The summed E-state index contributed by atoms with van der Waals surface area (Å²) in [4.78, 5) is 36.8. The Bertz CT molecular complexity index is 1440. The van der Waals surface area contributed by atoms with Crippen molar-refractivity contribution in [3.8, 4) is 17.2 Å². The molecular formula is C31H37N3O7S. The molecule has 0 bridgehead atoms. The number of methoxy groups -OCH3 is 3. The lowest BCUT2D eigenvalue weighted by atomic mass is 10.0. The Morgan fingerprint density at radius 3 is 2.24 bits per heavy atom. The summed E-state index contributed by atoms with van der Waals surface area (Å²) >= 11 is 0. The van der Waals surface area contributed by atoms with Gasteiger partial charge in [-0.25, -0.2) is 8.42 Å². The Morgan fingerprint density at radius 2 is 1.64 bits per heavy atom. The molecule has 0 N–H and O–H groups in total. The molecule has 3 aromatic rings. The molecule has 0 spiro atoms. The number of unbranched alkanes of at least 4 members (excludes halogenated alkanes) is 2. The Balaban J connectivity index is 1.54. The SMILES string of the molecule is COc1cc(C(=O)C(=O)N2CCC[C@H]2C(c2cccnc2)S(=O)(=O)CCCCCc2cccnc2)cc(OC)c1OC. The average Bonchev–Trinajstić information content (AvgIpc) is 3.49. The van der Waals surface area contributed by atoms with E-state index in [0.717, 1.165) is 24.8 Å². The third-order valence-corrected chi connectivity index (χ3v) is 9.77. The topological polar surface area (TPSA) is 125 Å². The lowest BCUT2D eigenvalue weighted by Crippen LogP contribution is -2.45. The molecule has 4 rings (SSSR count). The highest BCUT2D eigenvalue weighted by Crippen LogP contribution is 2.40. The van der Waals surface area contributed by atoms with Crippen molar-refractivity contribution in [2.75, 3.05) is 33.6 Å². The lowest BCUT2D eigenvalue weighted by Gasteiger charge is -2.31. The van der Waals surface area contributed by atoms with E-state index in [1.807, 2.05) is 18.3 Å². The molecule has 42 heavy (non-hydrogen) atoms. The molecule has 2 aromatic heterocycles. The van der Waals surface area contributed by atoms with Crippen molar-refractivity contribution in [1.29, 1.82) is 0 Å². The van der Waals surface area contributed by atoms with E-state index >= 15 is 0 Å². The van der Waals surface area contributed by atoms with E-state index in [4.69, 9.17) is 14.2 Å². The van der Waals surface area contributed by atoms with Gasteiger partial charge in [0.15, 0.2) is 21.3 Å². The van der Waals surface area contributed by atoms with Crippen LogP contribution in [0.25, 0.3) is 0 Å². The first-order valence-electron chi connectivity index (χ1n) is 14.0. The molecule has 0 aliphatic carbocycles. The minimum Gasteiger partial charge on any atom is -0.493 e. The normalized spacial score (nSPS) is 15.7. The Kier molecular flexibility index (Phi) is 10.5. The number of rotatable bonds is 14. The number of hydrogen-bond donors (Lipinski definition) is 0. The summed E-state index contributed by atoms with van der Waals surface area (Å²) in [6.45, 7) is 0.275. The summed E-state index contributed by atoms with van der Waals surface area (Å²) in [6.07, 6.45) is 10.6. The molecule has 1 saturated heterocycles. The molecule has 224 valence electrons. The van der Waals surface area contributed by atoms with E-state index in [2.05, 4.69) is 9.97 Å². The predicted octanol–water partition coefficient (Wildman–Crippen LogP) is 4.25. The standard InChI is InChI=1S/C31H37N3O7S/c1-39-26-18-24(19-27(40-2)29(26)41-3)28(35)31(36)34-16-9-13-25(34)30(23-12-8-15-33-21-23)42(37,38)17-6-4-5-10-22-11-7-14-32-20-22/h7-8,11-12,14-15,18-21,25,30H,4-6,9-10,13,16-17H2,1-3H3/t25-,30?/m0/s1. The number of aromatic nitrogens is 2. The summed E-state index contributed by atoms with van der Waals surface area (Å²) < 4.78 is 43.8. The smallest absolute Gasteiger partial charge is 0.295 e. The van der Waals surface area contributed by atoms with Gasteiger partial charge in [0.25, 0.3) is 11.7 Å². The number of carbonyl (C=O) groups excluding carboxylic acids is 2. The van der Waals surface area contributed by atoms with E-state index in [-0.39, 0.29) is 29.4 Å². The highest BCUT2D eigenvalue weighted by Gasteiger charge is 2.44. The molecule has 11 heteroatoms. The van der Waals surface area contributed by atoms with Gasteiger partial charge < -0.3 is 19.1 Å². The van der Waals surface area contributed by atoms with Crippen molar-refractivity contribution in [2.24, 2.45) is 0 Å². The first kappa shape index (κ1) is 31.0. The molecular weight excluding hydrogens is 558 g/mol. The van der Waals surface area contributed by atoms with Gasteiger partial charge in [0.1, 0.15) is 5.25 Å². The maximum absolute atomic E-state index is 13.9. The second kappa shape index (κ2) is 14.3. The van der Waals surface area contributed by atoms with Gasteiger partial charge in [0.05, 0.1) is 33.1 Å². The number of benzene rings is 1. The van der Waals surface area contributed by atoms with Crippen LogP contribution < -0.4 is 14.2 Å². The predicted molar refractivity (Wildman–Crippen MR) is 158 cm³/mol. The molecule has 1 unspecified atom stereocenters. The van der Waals surface area contributed by atoms with Crippen LogP contribution in [0.15, 0.2) is 61.2 Å². The minimum absolute atomic E-state index is 0.0288. The molecule has 0 saturated carbocycles. The summed E-state index contributed by atoms with van der Waals surface area (Å²) in [5, 5.41) is -0.997. The maximum Gasteiger partial charge on any atom is 0.295 e. The molecule has 0 radical (unpaired) electrons. The van der Waals surface area contributed by atoms with Crippen molar-refractivity contribution in [3.63, 3.8) is 0 Å². The largest absolute Gasteiger partial charge is 0.493 e. The van der Waals surface area contributed by atoms with Crippen LogP contribution in [0.1, 0.15) is 58.8 Å². The number of ketones is 1. The Hall–Kier alpha value is -3.99.